The van der Waals surface area contributed by atoms with Crippen molar-refractivity contribution in [1.29, 1.82) is 0 Å². The van der Waals surface area contributed by atoms with E-state index in [1.54, 1.807) is 0 Å². The predicted molar refractivity (Wildman–Crippen MR) is 147 cm³/mol. The number of nitrogens with zero attached hydrogens (tertiary/aromatic N) is 2. The maximum Gasteiger partial charge on any atom is 0.216 e. The van der Waals surface area contributed by atoms with Crippen molar-refractivity contribution in [2.24, 2.45) is 9.98 Å². The van der Waals surface area contributed by atoms with Gasteiger partial charge in [-0.25, -0.2) is 9.98 Å². The lowest BCUT2D eigenvalue weighted by Crippen LogP contribution is -2.04. The molecule has 4 aromatic carbocycles. The van der Waals surface area contributed by atoms with E-state index in [0.29, 0.717) is 25.0 Å². The molecule has 0 aliphatic carbocycles. The molecule has 0 spiro atoms. The molecule has 0 saturated heterocycles. The molecule has 0 fully saturated rings. The van der Waals surface area contributed by atoms with Gasteiger partial charge in [0.25, 0.3) is 0 Å². The molecule has 6 rings (SSSR count). The molecule has 4 nitrogen and oxygen atoms in total. The largest absolute Gasteiger partial charge is 0.475 e. The first-order chi connectivity index (χ1) is 17.9. The molecule has 2 atom stereocenters. The molecule has 2 heterocycles. The fraction of sp³-hybridized carbons (Fsp3) is 0.188. The monoisotopic (exact) mass is 474 g/mol. The van der Waals surface area contributed by atoms with Gasteiger partial charge in [0, 0.05) is 11.1 Å². The maximum atomic E-state index is 6.00. The second-order valence-corrected chi connectivity index (χ2v) is 8.43. The average molecular weight is 475 g/mol. The summed E-state index contributed by atoms with van der Waals surface area (Å²) in [4.78, 5) is 9.87. The highest BCUT2D eigenvalue weighted by Crippen LogP contribution is 2.38. The second kappa shape index (κ2) is 11.0. The highest BCUT2D eigenvalue weighted by molar-refractivity contribution is 5.96. The van der Waals surface area contributed by atoms with Gasteiger partial charge in [-0.15, -0.1) is 0 Å². The molecule has 0 N–H and O–H groups in total. The zero-order valence-corrected chi connectivity index (χ0v) is 20.7. The first-order valence-corrected chi connectivity index (χ1v) is 12.6. The number of ether oxygens (including phenoxy) is 2. The number of rotatable bonds is 5. The van der Waals surface area contributed by atoms with E-state index in [1.165, 1.54) is 0 Å². The van der Waals surface area contributed by atoms with Gasteiger partial charge in [-0.1, -0.05) is 98.8 Å². The Morgan fingerprint density at radius 1 is 0.500 bits per heavy atom. The van der Waals surface area contributed by atoms with Gasteiger partial charge in [-0.05, 0) is 46.5 Å². The molecule has 0 radical (unpaired) electrons. The van der Waals surface area contributed by atoms with Crippen LogP contribution in [0, 0.1) is 0 Å². The molecule has 0 bridgehead atoms. The Hall–Kier alpha value is -4.18. The van der Waals surface area contributed by atoms with Gasteiger partial charge in [-0.3, -0.25) is 0 Å². The number of hydrogen-bond donors (Lipinski definition) is 0. The third-order valence-corrected chi connectivity index (χ3v) is 6.27. The molecule has 0 amide bonds. The first-order valence-electron chi connectivity index (χ1n) is 12.6. The summed E-state index contributed by atoms with van der Waals surface area (Å²) in [5, 5.41) is 0. The lowest BCUT2D eigenvalue weighted by molar-refractivity contribution is 0.319. The molecule has 4 heteroatoms. The Kier molecular flexibility index (Phi) is 7.23. The molecule has 4 aromatic rings. The molecule has 1 unspecified atom stereocenters. The van der Waals surface area contributed by atoms with Gasteiger partial charge in [0.2, 0.25) is 11.8 Å². The summed E-state index contributed by atoms with van der Waals surface area (Å²) in [6.07, 6.45) is 0. The SMILES string of the molecule is CC.c1ccc(C2=NC(c3ccccc3-c3ccccc3[C@H]3COC(c4ccccc4)=N3)CO2)cc1. The summed E-state index contributed by atoms with van der Waals surface area (Å²) < 4.78 is 12.0. The molecule has 36 heavy (non-hydrogen) atoms. The minimum Gasteiger partial charge on any atom is -0.475 e. The van der Waals surface area contributed by atoms with Crippen LogP contribution in [0.5, 0.6) is 0 Å². The smallest absolute Gasteiger partial charge is 0.216 e. The summed E-state index contributed by atoms with van der Waals surface area (Å²) in [5.41, 5.74) is 6.66. The Balaban J connectivity index is 0.00000130. The molecule has 0 aromatic heterocycles. The van der Waals surface area contributed by atoms with E-state index < -0.39 is 0 Å². The van der Waals surface area contributed by atoms with Gasteiger partial charge in [0.1, 0.15) is 25.3 Å². The van der Waals surface area contributed by atoms with Crippen LogP contribution >= 0.6 is 0 Å². The third-order valence-electron chi connectivity index (χ3n) is 6.27. The van der Waals surface area contributed by atoms with Crippen LogP contribution < -0.4 is 0 Å². The van der Waals surface area contributed by atoms with Crippen LogP contribution in [0.4, 0.5) is 0 Å². The van der Waals surface area contributed by atoms with Gasteiger partial charge in [-0.2, -0.15) is 0 Å². The standard InChI is InChI=1S/C30H24N2O2.C2H6/c1-3-11-21(12-4-1)29-31-27(19-33-29)25-17-9-7-15-23(25)24-16-8-10-18-26(24)28-20-34-30(32-28)22-13-5-2-6-14-22;1-2/h1-18,27-28H,19-20H2;1-2H3/t27-,28?;/m1./s1. The van der Waals surface area contributed by atoms with Gasteiger partial charge >= 0.3 is 0 Å². The van der Waals surface area contributed by atoms with E-state index in [2.05, 4.69) is 48.5 Å². The lowest BCUT2D eigenvalue weighted by Gasteiger charge is -2.17. The number of hydrogen-bond acceptors (Lipinski definition) is 4. The van der Waals surface area contributed by atoms with Crippen molar-refractivity contribution >= 4 is 11.8 Å². The van der Waals surface area contributed by atoms with Crippen molar-refractivity contribution in [2.75, 3.05) is 13.2 Å². The molecule has 2 aliphatic heterocycles. The van der Waals surface area contributed by atoms with Crippen LogP contribution in [0.25, 0.3) is 11.1 Å². The summed E-state index contributed by atoms with van der Waals surface area (Å²) in [6.45, 7) is 5.07. The van der Waals surface area contributed by atoms with Crippen LogP contribution in [0.1, 0.15) is 48.2 Å². The van der Waals surface area contributed by atoms with Gasteiger partial charge < -0.3 is 9.47 Å². The highest BCUT2D eigenvalue weighted by Gasteiger charge is 2.27. The summed E-state index contributed by atoms with van der Waals surface area (Å²) >= 11 is 0. The second-order valence-electron chi connectivity index (χ2n) is 8.43. The van der Waals surface area contributed by atoms with Crippen molar-refractivity contribution in [3.05, 3.63) is 131 Å². The summed E-state index contributed by atoms with van der Waals surface area (Å²) in [7, 11) is 0. The van der Waals surface area contributed by atoms with Crippen LogP contribution in [0.2, 0.25) is 0 Å². The number of aliphatic imine (C=N–C) groups is 2. The van der Waals surface area contributed by atoms with Crippen molar-refractivity contribution < 1.29 is 9.47 Å². The van der Waals surface area contributed by atoms with Crippen molar-refractivity contribution in [3.63, 3.8) is 0 Å². The molecule has 0 saturated carbocycles. The Labute approximate surface area is 213 Å². The average Bonchev–Trinajstić information content (AvgIpc) is 3.66. The highest BCUT2D eigenvalue weighted by atomic mass is 16.5. The van der Waals surface area contributed by atoms with Crippen molar-refractivity contribution in [1.82, 2.24) is 0 Å². The molecular weight excluding hydrogens is 444 g/mol. The van der Waals surface area contributed by atoms with E-state index in [0.717, 1.165) is 33.4 Å². The van der Waals surface area contributed by atoms with Crippen molar-refractivity contribution in [3.8, 4) is 11.1 Å². The zero-order valence-electron chi connectivity index (χ0n) is 20.7. The first kappa shape index (κ1) is 23.6. The fourth-order valence-electron chi connectivity index (χ4n) is 4.61. The Morgan fingerprint density at radius 2 is 0.861 bits per heavy atom. The predicted octanol–water partition coefficient (Wildman–Crippen LogP) is 7.42. The Morgan fingerprint density at radius 3 is 1.28 bits per heavy atom. The zero-order chi connectivity index (χ0) is 24.7. The summed E-state index contributed by atoms with van der Waals surface area (Å²) in [6, 6.07) is 37.0. The fourth-order valence-corrected chi connectivity index (χ4v) is 4.61. The van der Waals surface area contributed by atoms with Crippen LogP contribution in [0.15, 0.2) is 119 Å². The Bertz CT molecular complexity index is 1260. The quantitative estimate of drug-likeness (QED) is 0.302. The maximum absolute atomic E-state index is 6.00. The van der Waals surface area contributed by atoms with E-state index in [-0.39, 0.29) is 12.1 Å². The van der Waals surface area contributed by atoms with E-state index in [4.69, 9.17) is 19.5 Å². The van der Waals surface area contributed by atoms with Gasteiger partial charge in [0.05, 0.1) is 0 Å². The third kappa shape index (κ3) is 4.80. The molecular formula is C32H30N2O2. The van der Waals surface area contributed by atoms with Crippen molar-refractivity contribution in [2.45, 2.75) is 25.9 Å². The summed E-state index contributed by atoms with van der Waals surface area (Å²) in [5.74, 6) is 1.41. The normalized spacial score (nSPS) is 18.3. The molecule has 180 valence electrons. The topological polar surface area (TPSA) is 43.2 Å². The lowest BCUT2D eigenvalue weighted by atomic mass is 9.90. The van der Waals surface area contributed by atoms with E-state index in [1.807, 2.05) is 74.5 Å². The van der Waals surface area contributed by atoms with Crippen LogP contribution in [-0.4, -0.2) is 25.0 Å². The molecule has 2 aliphatic rings. The van der Waals surface area contributed by atoms with Crippen LogP contribution in [0.3, 0.4) is 0 Å². The van der Waals surface area contributed by atoms with Gasteiger partial charge in [0.15, 0.2) is 0 Å². The van der Waals surface area contributed by atoms with E-state index in [9.17, 15) is 0 Å². The minimum absolute atomic E-state index is 0.0531. The number of benzene rings is 4. The van der Waals surface area contributed by atoms with Crippen LogP contribution in [-0.2, 0) is 9.47 Å². The van der Waals surface area contributed by atoms with E-state index >= 15 is 0 Å². The minimum atomic E-state index is -0.0531.